The number of nitro groups is 1. The number of benzene rings is 1. The molecular formula is C16H24N4O4S2. The first-order valence-electron chi connectivity index (χ1n) is 8.37. The molecule has 1 aromatic carbocycles. The van der Waals surface area contributed by atoms with Crippen LogP contribution in [0.2, 0.25) is 0 Å². The minimum atomic E-state index is -2.96. The Morgan fingerprint density at radius 2 is 2.12 bits per heavy atom. The van der Waals surface area contributed by atoms with Gasteiger partial charge >= 0.3 is 0 Å². The van der Waals surface area contributed by atoms with Crippen LogP contribution in [0.3, 0.4) is 0 Å². The number of nitro benzene ring substituents is 1. The summed E-state index contributed by atoms with van der Waals surface area (Å²) in [5.41, 5.74) is 0.891. The molecule has 2 N–H and O–H groups in total. The van der Waals surface area contributed by atoms with Crippen LogP contribution in [-0.2, 0) is 16.4 Å². The summed E-state index contributed by atoms with van der Waals surface area (Å²) >= 11 is 1.77. The summed E-state index contributed by atoms with van der Waals surface area (Å²) in [5, 5.41) is 17.1. The quantitative estimate of drug-likeness (QED) is 0.224. The normalized spacial score (nSPS) is 19.3. The van der Waals surface area contributed by atoms with E-state index in [2.05, 4.69) is 15.6 Å². The van der Waals surface area contributed by atoms with Crippen molar-refractivity contribution in [1.29, 1.82) is 0 Å². The van der Waals surface area contributed by atoms with Crippen LogP contribution in [0, 0.1) is 10.1 Å². The summed E-state index contributed by atoms with van der Waals surface area (Å²) < 4.78 is 23.3. The number of hydrogen-bond acceptors (Lipinski definition) is 6. The van der Waals surface area contributed by atoms with Crippen LogP contribution in [-0.4, -0.2) is 55.4 Å². The van der Waals surface area contributed by atoms with E-state index < -0.39 is 14.8 Å². The fourth-order valence-electron chi connectivity index (χ4n) is 2.57. The Balaban J connectivity index is 1.98. The van der Waals surface area contributed by atoms with Crippen molar-refractivity contribution in [3.05, 3.63) is 39.9 Å². The first-order chi connectivity index (χ1) is 12.4. The largest absolute Gasteiger partial charge is 0.356 e. The maximum atomic E-state index is 11.6. The standard InChI is InChI=1S/C16H24N4O4S2/c1-25-9-2-8-17-16(19-14-7-10-26(23,24)12-14)18-11-13-3-5-15(6-4-13)20(21)22/h3-6,14H,2,7-12H2,1H3,(H2,17,18,19). The number of guanidine groups is 1. The molecule has 0 aliphatic carbocycles. The Morgan fingerprint density at radius 1 is 1.38 bits per heavy atom. The zero-order chi connectivity index (χ0) is 19.0. The topological polar surface area (TPSA) is 114 Å². The lowest BCUT2D eigenvalue weighted by atomic mass is 10.2. The van der Waals surface area contributed by atoms with Gasteiger partial charge in [-0.2, -0.15) is 11.8 Å². The van der Waals surface area contributed by atoms with Crippen molar-refractivity contribution in [1.82, 2.24) is 10.6 Å². The SMILES string of the molecule is CSCCCNC(=NCc1ccc([N+](=O)[O-])cc1)NC1CCS(=O)(=O)C1. The van der Waals surface area contributed by atoms with E-state index in [1.807, 2.05) is 6.26 Å². The number of hydrogen-bond donors (Lipinski definition) is 2. The summed E-state index contributed by atoms with van der Waals surface area (Å²) in [5.74, 6) is 1.93. The van der Waals surface area contributed by atoms with Crippen LogP contribution in [0.5, 0.6) is 0 Å². The molecular weight excluding hydrogens is 376 g/mol. The van der Waals surface area contributed by atoms with Crippen molar-refractivity contribution in [3.8, 4) is 0 Å². The van der Waals surface area contributed by atoms with Crippen molar-refractivity contribution in [2.24, 2.45) is 4.99 Å². The Morgan fingerprint density at radius 3 is 2.69 bits per heavy atom. The minimum Gasteiger partial charge on any atom is -0.356 e. The number of nitrogens with zero attached hydrogens (tertiary/aromatic N) is 2. The second-order valence-corrected chi connectivity index (χ2v) is 9.32. The molecule has 0 saturated carbocycles. The second-order valence-electron chi connectivity index (χ2n) is 6.11. The van der Waals surface area contributed by atoms with Gasteiger partial charge in [-0.3, -0.25) is 10.1 Å². The molecule has 1 aromatic rings. The molecule has 0 aromatic heterocycles. The molecule has 10 heteroatoms. The predicted molar refractivity (Wildman–Crippen MR) is 105 cm³/mol. The van der Waals surface area contributed by atoms with Gasteiger partial charge in [-0.05, 0) is 30.4 Å². The molecule has 2 rings (SSSR count). The molecule has 1 unspecified atom stereocenters. The zero-order valence-electron chi connectivity index (χ0n) is 14.7. The zero-order valence-corrected chi connectivity index (χ0v) is 16.3. The molecule has 0 amide bonds. The highest BCUT2D eigenvalue weighted by atomic mass is 32.2. The third kappa shape index (κ3) is 6.83. The van der Waals surface area contributed by atoms with Gasteiger partial charge in [0.15, 0.2) is 15.8 Å². The fraction of sp³-hybridized carbons (Fsp3) is 0.562. The van der Waals surface area contributed by atoms with E-state index >= 15 is 0 Å². The summed E-state index contributed by atoms with van der Waals surface area (Å²) in [6, 6.07) is 6.12. The van der Waals surface area contributed by atoms with Crippen molar-refractivity contribution < 1.29 is 13.3 Å². The maximum Gasteiger partial charge on any atom is 0.269 e. The van der Waals surface area contributed by atoms with Crippen LogP contribution in [0.25, 0.3) is 0 Å². The molecule has 26 heavy (non-hydrogen) atoms. The van der Waals surface area contributed by atoms with Crippen LogP contribution < -0.4 is 10.6 Å². The lowest BCUT2D eigenvalue weighted by Gasteiger charge is -2.16. The van der Waals surface area contributed by atoms with Gasteiger partial charge in [0.1, 0.15) is 0 Å². The van der Waals surface area contributed by atoms with Gasteiger partial charge in [0.2, 0.25) is 0 Å². The van der Waals surface area contributed by atoms with E-state index in [0.29, 0.717) is 18.9 Å². The van der Waals surface area contributed by atoms with Gasteiger partial charge in [0, 0.05) is 24.7 Å². The van der Waals surface area contributed by atoms with E-state index in [4.69, 9.17) is 0 Å². The highest BCUT2D eigenvalue weighted by Gasteiger charge is 2.28. The first kappa shape index (κ1) is 20.5. The van der Waals surface area contributed by atoms with Gasteiger partial charge in [-0.1, -0.05) is 12.1 Å². The smallest absolute Gasteiger partial charge is 0.269 e. The van der Waals surface area contributed by atoms with Gasteiger partial charge in [0.25, 0.3) is 5.69 Å². The summed E-state index contributed by atoms with van der Waals surface area (Å²) in [6.45, 7) is 1.10. The third-order valence-corrected chi connectivity index (χ3v) is 6.42. The molecule has 1 saturated heterocycles. The number of aliphatic imine (C=N–C) groups is 1. The summed E-state index contributed by atoms with van der Waals surface area (Å²) in [4.78, 5) is 14.8. The first-order valence-corrected chi connectivity index (χ1v) is 11.6. The number of thioether (sulfide) groups is 1. The molecule has 1 fully saturated rings. The third-order valence-electron chi connectivity index (χ3n) is 3.96. The lowest BCUT2D eigenvalue weighted by Crippen LogP contribution is -2.44. The minimum absolute atomic E-state index is 0.0439. The van der Waals surface area contributed by atoms with Crippen LogP contribution in [0.15, 0.2) is 29.3 Å². The van der Waals surface area contributed by atoms with Crippen molar-refractivity contribution in [2.75, 3.05) is 30.1 Å². The molecule has 1 aliphatic rings. The van der Waals surface area contributed by atoms with Crippen molar-refractivity contribution >= 4 is 33.2 Å². The Hall–Kier alpha value is -1.81. The predicted octanol–water partition coefficient (Wildman–Crippen LogP) is 1.57. The Bertz CT molecular complexity index is 735. The van der Waals surface area contributed by atoms with Gasteiger partial charge in [-0.25, -0.2) is 13.4 Å². The average molecular weight is 401 g/mol. The summed E-state index contributed by atoms with van der Waals surface area (Å²) in [6.07, 6.45) is 3.60. The highest BCUT2D eigenvalue weighted by molar-refractivity contribution is 7.98. The Labute approximate surface area is 157 Å². The van der Waals surface area contributed by atoms with E-state index in [0.717, 1.165) is 24.3 Å². The number of nitrogens with one attached hydrogen (secondary N) is 2. The molecule has 8 nitrogen and oxygen atoms in total. The molecule has 1 aliphatic heterocycles. The molecule has 0 bridgehead atoms. The van der Waals surface area contributed by atoms with E-state index in [1.165, 1.54) is 12.1 Å². The average Bonchev–Trinajstić information content (AvgIpc) is 2.95. The van der Waals surface area contributed by atoms with Gasteiger partial charge in [-0.15, -0.1) is 0 Å². The van der Waals surface area contributed by atoms with Crippen LogP contribution >= 0.6 is 11.8 Å². The number of rotatable bonds is 8. The lowest BCUT2D eigenvalue weighted by molar-refractivity contribution is -0.384. The van der Waals surface area contributed by atoms with Crippen molar-refractivity contribution in [2.45, 2.75) is 25.4 Å². The van der Waals surface area contributed by atoms with Crippen LogP contribution in [0.4, 0.5) is 5.69 Å². The van der Waals surface area contributed by atoms with Crippen molar-refractivity contribution in [3.63, 3.8) is 0 Å². The van der Waals surface area contributed by atoms with Gasteiger partial charge in [0.05, 0.1) is 23.0 Å². The monoisotopic (exact) mass is 400 g/mol. The summed E-state index contributed by atoms with van der Waals surface area (Å²) in [7, 11) is -2.96. The van der Waals surface area contributed by atoms with E-state index in [9.17, 15) is 18.5 Å². The Kier molecular flexibility index (Phi) is 7.70. The highest BCUT2D eigenvalue weighted by Crippen LogP contribution is 2.13. The number of non-ortho nitro benzene ring substituents is 1. The van der Waals surface area contributed by atoms with Gasteiger partial charge < -0.3 is 10.6 Å². The van der Waals surface area contributed by atoms with E-state index in [-0.39, 0.29) is 23.2 Å². The van der Waals surface area contributed by atoms with Crippen LogP contribution in [0.1, 0.15) is 18.4 Å². The van der Waals surface area contributed by atoms with E-state index in [1.54, 1.807) is 23.9 Å². The second kappa shape index (κ2) is 9.77. The maximum absolute atomic E-state index is 11.6. The fourth-order valence-corrected chi connectivity index (χ4v) is 4.68. The molecule has 1 atom stereocenters. The molecule has 1 heterocycles. The number of sulfone groups is 1. The molecule has 0 radical (unpaired) electrons. The molecule has 0 spiro atoms. The molecule has 144 valence electrons.